The molecule has 0 fully saturated rings. The Morgan fingerprint density at radius 2 is 1.44 bits per heavy atom. The number of hydrogen-bond acceptors (Lipinski definition) is 3. The molecule has 1 aromatic heterocycles. The Balaban J connectivity index is 1.31. The molecule has 0 saturated carbocycles. The van der Waals surface area contributed by atoms with Crippen LogP contribution >= 0.6 is 0 Å². The molecule has 0 N–H and O–H groups in total. The number of allylic oxidation sites excluding steroid dienone is 2. The summed E-state index contributed by atoms with van der Waals surface area (Å²) in [6, 6.07) is 33.8. The summed E-state index contributed by atoms with van der Waals surface area (Å²) >= 11 is 0. The largest absolute Gasteiger partial charge is 0.439 e. The van der Waals surface area contributed by atoms with Gasteiger partial charge in [-0.15, -0.1) is 0 Å². The number of aromatic nitrogens is 1. The second-order valence-corrected chi connectivity index (χ2v) is 9.81. The highest BCUT2D eigenvalue weighted by Crippen LogP contribution is 2.41. The third-order valence-corrected chi connectivity index (χ3v) is 7.05. The van der Waals surface area contributed by atoms with Crippen molar-refractivity contribution in [2.24, 2.45) is 0 Å². The van der Waals surface area contributed by atoms with Gasteiger partial charge in [0.15, 0.2) is 12.3 Å². The summed E-state index contributed by atoms with van der Waals surface area (Å²) in [6.45, 7) is 6.15. The molecule has 0 bridgehead atoms. The van der Waals surface area contributed by atoms with Crippen molar-refractivity contribution in [3.05, 3.63) is 121 Å². The highest BCUT2D eigenvalue weighted by molar-refractivity contribution is 5.79. The Bertz CT molecular complexity index is 1650. The van der Waals surface area contributed by atoms with Crippen molar-refractivity contribution < 1.29 is 13.7 Å². The van der Waals surface area contributed by atoms with Gasteiger partial charge in [-0.1, -0.05) is 86.6 Å². The lowest BCUT2D eigenvalue weighted by Gasteiger charge is -2.17. The molecule has 4 heteroatoms. The minimum absolute atomic E-state index is 0.831. The fourth-order valence-corrected chi connectivity index (χ4v) is 5.19. The van der Waals surface area contributed by atoms with Crippen LogP contribution in [0.15, 0.2) is 120 Å². The second kappa shape index (κ2) is 11.0. The van der Waals surface area contributed by atoms with Crippen molar-refractivity contribution >= 4 is 22.9 Å². The molecular weight excluding hydrogens is 480 g/mol. The molecule has 4 aromatic carbocycles. The van der Waals surface area contributed by atoms with E-state index in [1.807, 2.05) is 30.4 Å². The van der Waals surface area contributed by atoms with E-state index >= 15 is 0 Å². The zero-order valence-corrected chi connectivity index (χ0v) is 22.5. The van der Waals surface area contributed by atoms with Crippen LogP contribution in [0.5, 0.6) is 5.75 Å². The highest BCUT2D eigenvalue weighted by atomic mass is 16.5. The lowest BCUT2D eigenvalue weighted by molar-refractivity contribution is -0.678. The number of nitrogens with zero attached hydrogens (tertiary/aromatic N) is 2. The maximum atomic E-state index is 6.30. The van der Waals surface area contributed by atoms with Gasteiger partial charge in [0.25, 0.3) is 5.52 Å². The summed E-state index contributed by atoms with van der Waals surface area (Å²) in [4.78, 5) is 2.26. The zero-order chi connectivity index (χ0) is 26.6. The first-order valence-corrected chi connectivity index (χ1v) is 13.8. The normalized spacial score (nSPS) is 13.9. The van der Waals surface area contributed by atoms with Crippen LogP contribution in [0.1, 0.15) is 32.6 Å². The Hall–Kier alpha value is -4.57. The van der Waals surface area contributed by atoms with Crippen LogP contribution in [-0.4, -0.2) is 6.54 Å². The first kappa shape index (κ1) is 24.7. The average Bonchev–Trinajstić information content (AvgIpc) is 3.51. The molecule has 0 unspecified atom stereocenters. The number of ether oxygens (including phenoxy) is 1. The van der Waals surface area contributed by atoms with E-state index in [1.165, 1.54) is 22.3 Å². The van der Waals surface area contributed by atoms with E-state index in [1.54, 1.807) is 0 Å². The van der Waals surface area contributed by atoms with E-state index in [2.05, 4.69) is 108 Å². The predicted molar refractivity (Wildman–Crippen MR) is 159 cm³/mol. The van der Waals surface area contributed by atoms with Gasteiger partial charge < -0.3 is 14.1 Å². The van der Waals surface area contributed by atoms with E-state index in [4.69, 9.17) is 9.15 Å². The third kappa shape index (κ3) is 4.98. The molecule has 0 radical (unpaired) electrons. The summed E-state index contributed by atoms with van der Waals surface area (Å²) in [5.41, 5.74) is 7.89. The highest BCUT2D eigenvalue weighted by Gasteiger charge is 2.26. The van der Waals surface area contributed by atoms with E-state index in [-0.39, 0.29) is 0 Å². The minimum Gasteiger partial charge on any atom is -0.439 e. The van der Waals surface area contributed by atoms with Crippen molar-refractivity contribution in [3.8, 4) is 28.0 Å². The second-order valence-electron chi connectivity index (χ2n) is 9.81. The lowest BCUT2D eigenvalue weighted by atomic mass is 10.0. The molecule has 5 aromatic rings. The van der Waals surface area contributed by atoms with E-state index in [0.29, 0.717) is 0 Å². The number of rotatable bonds is 8. The van der Waals surface area contributed by atoms with Crippen LogP contribution in [0.4, 0.5) is 5.69 Å². The molecule has 194 valence electrons. The molecule has 4 nitrogen and oxygen atoms in total. The van der Waals surface area contributed by atoms with Gasteiger partial charge in [-0.05, 0) is 59.0 Å². The molecule has 0 saturated heterocycles. The Morgan fingerprint density at radius 1 is 0.744 bits per heavy atom. The number of anilines is 1. The number of benzene rings is 4. The first-order chi connectivity index (χ1) is 19.2. The summed E-state index contributed by atoms with van der Waals surface area (Å²) in [5, 5.41) is 0. The van der Waals surface area contributed by atoms with Gasteiger partial charge in [-0.25, -0.2) is 0 Å². The standard InChI is InChI=1S/C35H33N2O2/c1-3-22-36-30-24-28(26-12-7-5-8-13-26)18-20-32(30)38-34(36)16-11-17-35-37(23-4-2)31-25-29(19-21-33(31)39-35)27-14-9-6-10-15-27/h5-21,24-25H,3-4,22-23H2,1-2H3/q+1. The van der Waals surface area contributed by atoms with Crippen LogP contribution in [0.25, 0.3) is 39.4 Å². The Labute approximate surface area is 230 Å². The van der Waals surface area contributed by atoms with Gasteiger partial charge in [-0.2, -0.15) is 4.57 Å². The number of fused-ring (bicyclic) bond motifs is 2. The molecule has 39 heavy (non-hydrogen) atoms. The molecule has 0 amide bonds. The fourth-order valence-electron chi connectivity index (χ4n) is 5.19. The Kier molecular flexibility index (Phi) is 7.01. The maximum absolute atomic E-state index is 6.30. The molecule has 6 rings (SSSR count). The van der Waals surface area contributed by atoms with Crippen LogP contribution in [-0.2, 0) is 6.54 Å². The average molecular weight is 514 g/mol. The molecule has 0 atom stereocenters. The maximum Gasteiger partial charge on any atom is 0.374 e. The summed E-state index contributed by atoms with van der Waals surface area (Å²) < 4.78 is 14.9. The van der Waals surface area contributed by atoms with Gasteiger partial charge in [0.1, 0.15) is 0 Å². The summed E-state index contributed by atoms with van der Waals surface area (Å²) in [7, 11) is 0. The van der Waals surface area contributed by atoms with Crippen LogP contribution in [0.3, 0.4) is 0 Å². The van der Waals surface area contributed by atoms with Gasteiger partial charge in [0, 0.05) is 19.0 Å². The van der Waals surface area contributed by atoms with E-state index in [9.17, 15) is 0 Å². The van der Waals surface area contributed by atoms with Crippen LogP contribution in [0.2, 0.25) is 0 Å². The van der Waals surface area contributed by atoms with Crippen molar-refractivity contribution in [3.63, 3.8) is 0 Å². The summed E-state index contributed by atoms with van der Waals surface area (Å²) in [5.74, 6) is 2.55. The van der Waals surface area contributed by atoms with Crippen LogP contribution in [0, 0.1) is 0 Å². The minimum atomic E-state index is 0.831. The zero-order valence-electron chi connectivity index (χ0n) is 22.5. The SMILES string of the molecule is CCCN1/C(=C\C=C\c2oc3ccc(-c4ccccc4)cc3[n+]2CCC)Oc2ccc(-c3ccccc3)cc21. The molecular formula is C35H33N2O2+. The number of hydrogen-bond donors (Lipinski definition) is 0. The first-order valence-electron chi connectivity index (χ1n) is 13.8. The molecule has 0 spiro atoms. The van der Waals surface area contributed by atoms with E-state index in [0.717, 1.165) is 60.2 Å². The van der Waals surface area contributed by atoms with E-state index < -0.39 is 0 Å². The van der Waals surface area contributed by atoms with Gasteiger partial charge in [-0.3, -0.25) is 0 Å². The monoisotopic (exact) mass is 513 g/mol. The van der Waals surface area contributed by atoms with Crippen molar-refractivity contribution in [1.29, 1.82) is 0 Å². The number of aryl methyl sites for hydroxylation is 1. The van der Waals surface area contributed by atoms with Gasteiger partial charge in [0.2, 0.25) is 11.5 Å². The lowest BCUT2D eigenvalue weighted by Crippen LogP contribution is -2.34. The molecule has 2 heterocycles. The molecule has 0 aliphatic carbocycles. The van der Waals surface area contributed by atoms with Crippen molar-refractivity contribution in [1.82, 2.24) is 0 Å². The summed E-state index contributed by atoms with van der Waals surface area (Å²) in [6.07, 6.45) is 8.14. The van der Waals surface area contributed by atoms with Crippen LogP contribution < -0.4 is 14.2 Å². The molecule has 1 aliphatic heterocycles. The van der Waals surface area contributed by atoms with Crippen molar-refractivity contribution in [2.45, 2.75) is 33.2 Å². The smallest absolute Gasteiger partial charge is 0.374 e. The van der Waals surface area contributed by atoms with Gasteiger partial charge in [0.05, 0.1) is 11.8 Å². The molecule has 1 aliphatic rings. The van der Waals surface area contributed by atoms with Gasteiger partial charge >= 0.3 is 5.89 Å². The third-order valence-electron chi connectivity index (χ3n) is 7.05. The Morgan fingerprint density at radius 3 is 2.13 bits per heavy atom. The number of oxazole rings is 1. The topological polar surface area (TPSA) is 29.5 Å². The fraction of sp³-hybridized carbons (Fsp3) is 0.171. The quantitative estimate of drug-likeness (QED) is 0.195. The predicted octanol–water partition coefficient (Wildman–Crippen LogP) is 8.63. The van der Waals surface area contributed by atoms with Crippen molar-refractivity contribution in [2.75, 3.05) is 11.4 Å².